The molecule has 0 fully saturated rings. The molecule has 0 nitrogen and oxygen atoms in total. The molecule has 4 aromatic carbocycles. The minimum atomic E-state index is -1.27. The zero-order valence-electron chi connectivity index (χ0n) is 18.5. The first-order valence-electron chi connectivity index (χ1n) is 11.9. The topological polar surface area (TPSA) is 0 Å². The second-order valence-corrected chi connectivity index (χ2v) is 14.1. The van der Waals surface area contributed by atoms with Crippen molar-refractivity contribution in [3.05, 3.63) is 142 Å². The molecule has 33 heavy (non-hydrogen) atoms. The molecule has 0 aromatic heterocycles. The molecule has 0 N–H and O–H groups in total. The van der Waals surface area contributed by atoms with Crippen LogP contribution < -0.4 is 6.64 Å². The fourth-order valence-corrected chi connectivity index (χ4v) is 11.1. The van der Waals surface area contributed by atoms with E-state index in [1.165, 1.54) is 22.3 Å². The van der Waals surface area contributed by atoms with E-state index in [1.807, 2.05) is 0 Å². The van der Waals surface area contributed by atoms with Crippen LogP contribution in [0, 0.1) is 0 Å². The van der Waals surface area contributed by atoms with Crippen molar-refractivity contribution in [1.82, 2.24) is 0 Å². The SMILES string of the molecule is C1=C2CCC3=Cc4ccccc4C3c3cccc[c]3[Hf][c]3ccccc3C2c2ccccc21. The molecule has 2 unspecified atom stereocenters. The first-order chi connectivity index (χ1) is 16.4. The second-order valence-electron chi connectivity index (χ2n) is 9.36. The zero-order chi connectivity index (χ0) is 21.8. The second kappa shape index (κ2) is 7.92. The van der Waals surface area contributed by atoms with E-state index in [1.54, 1.807) is 28.9 Å². The number of hydrogen-bond acceptors (Lipinski definition) is 0. The predicted molar refractivity (Wildman–Crippen MR) is 134 cm³/mol. The Labute approximate surface area is 207 Å². The van der Waals surface area contributed by atoms with E-state index < -0.39 is 22.9 Å². The number of rotatable bonds is 0. The van der Waals surface area contributed by atoms with Crippen molar-refractivity contribution in [3.8, 4) is 0 Å². The molecule has 7 rings (SSSR count). The summed E-state index contributed by atoms with van der Waals surface area (Å²) in [7, 11) is 0. The molecule has 1 heterocycles. The molecule has 0 saturated carbocycles. The molecule has 0 amide bonds. The Bertz CT molecular complexity index is 1340. The van der Waals surface area contributed by atoms with Crippen LogP contribution in [0.15, 0.2) is 108 Å². The van der Waals surface area contributed by atoms with Crippen LogP contribution in [0.3, 0.4) is 0 Å². The molecule has 2 atom stereocenters. The molecule has 156 valence electrons. The van der Waals surface area contributed by atoms with E-state index in [0.29, 0.717) is 11.8 Å². The maximum absolute atomic E-state index is 2.49. The summed E-state index contributed by atoms with van der Waals surface area (Å²) in [5.41, 5.74) is 12.1. The normalized spacial score (nSPS) is 19.9. The summed E-state index contributed by atoms with van der Waals surface area (Å²) in [6.07, 6.45) is 7.24. The molecular weight excluding hydrogens is 563 g/mol. The van der Waals surface area contributed by atoms with Gasteiger partial charge in [-0.3, -0.25) is 0 Å². The van der Waals surface area contributed by atoms with E-state index in [9.17, 15) is 0 Å². The van der Waals surface area contributed by atoms with Crippen molar-refractivity contribution < 1.29 is 22.9 Å². The standard InChI is InChI=1S/C32H24.Hf/c1-3-11-23(12-4-1)31-27(21-25-15-7-9-17-29(25)31)19-20-28-22-26-16-8-10-18-30(26)32(28)24-13-5-2-6-14-24;/h1-11,13,15-18,21-22,31-32H,19-20H2;. The average molecular weight is 587 g/mol. The van der Waals surface area contributed by atoms with Gasteiger partial charge >= 0.3 is 208 Å². The average Bonchev–Trinajstić information content (AvgIpc) is 3.41. The fraction of sp³-hybridized carbons (Fsp3) is 0.125. The van der Waals surface area contributed by atoms with Crippen molar-refractivity contribution in [2.75, 3.05) is 0 Å². The summed E-state index contributed by atoms with van der Waals surface area (Å²) in [6.45, 7) is 0. The van der Waals surface area contributed by atoms with Gasteiger partial charge in [0, 0.05) is 0 Å². The maximum atomic E-state index is 2.49. The Morgan fingerprint density at radius 3 is 1.33 bits per heavy atom. The van der Waals surface area contributed by atoms with Gasteiger partial charge in [0.2, 0.25) is 0 Å². The molecular formula is C32H24Hf. The Morgan fingerprint density at radius 2 is 0.848 bits per heavy atom. The van der Waals surface area contributed by atoms with E-state index in [0.717, 1.165) is 12.8 Å². The van der Waals surface area contributed by atoms with Gasteiger partial charge in [0.05, 0.1) is 0 Å². The van der Waals surface area contributed by atoms with Crippen LogP contribution in [0.2, 0.25) is 0 Å². The molecule has 0 saturated heterocycles. The van der Waals surface area contributed by atoms with Gasteiger partial charge in [0.15, 0.2) is 0 Å². The molecule has 3 aliphatic rings. The van der Waals surface area contributed by atoms with Crippen LogP contribution in [-0.2, 0) is 22.9 Å². The van der Waals surface area contributed by atoms with Gasteiger partial charge in [-0.1, -0.05) is 0 Å². The van der Waals surface area contributed by atoms with Gasteiger partial charge in [-0.25, -0.2) is 0 Å². The summed E-state index contributed by atoms with van der Waals surface area (Å²) in [5, 5.41) is 0. The Balaban J connectivity index is 1.46. The van der Waals surface area contributed by atoms with E-state index in [-0.39, 0.29) is 0 Å². The summed E-state index contributed by atoms with van der Waals surface area (Å²) in [5.74, 6) is 0.830. The van der Waals surface area contributed by atoms with Crippen LogP contribution in [0.4, 0.5) is 0 Å². The molecule has 0 spiro atoms. The molecule has 0 radical (unpaired) electrons. The van der Waals surface area contributed by atoms with Crippen LogP contribution in [0.5, 0.6) is 0 Å². The number of hydrogen-bond donors (Lipinski definition) is 0. The molecule has 1 aliphatic heterocycles. The van der Waals surface area contributed by atoms with Gasteiger partial charge in [0.25, 0.3) is 0 Å². The number of allylic oxidation sites excluding steroid dienone is 2. The van der Waals surface area contributed by atoms with Crippen LogP contribution in [0.1, 0.15) is 58.1 Å². The van der Waals surface area contributed by atoms with Crippen LogP contribution in [0.25, 0.3) is 12.2 Å². The van der Waals surface area contributed by atoms with Gasteiger partial charge in [-0.15, -0.1) is 0 Å². The third-order valence-corrected chi connectivity index (χ3v) is 12.8. The summed E-state index contributed by atoms with van der Waals surface area (Å²) in [4.78, 5) is 0. The predicted octanol–water partition coefficient (Wildman–Crippen LogP) is 6.57. The van der Waals surface area contributed by atoms with Gasteiger partial charge in [0.1, 0.15) is 0 Å². The van der Waals surface area contributed by atoms with Crippen molar-refractivity contribution in [2.45, 2.75) is 24.7 Å². The van der Waals surface area contributed by atoms with Crippen molar-refractivity contribution in [1.29, 1.82) is 0 Å². The van der Waals surface area contributed by atoms with E-state index in [4.69, 9.17) is 0 Å². The summed E-state index contributed by atoms with van der Waals surface area (Å²) >= 11 is -1.27. The van der Waals surface area contributed by atoms with Gasteiger partial charge in [-0.2, -0.15) is 0 Å². The Morgan fingerprint density at radius 1 is 0.455 bits per heavy atom. The van der Waals surface area contributed by atoms with Crippen molar-refractivity contribution in [3.63, 3.8) is 0 Å². The van der Waals surface area contributed by atoms with Crippen molar-refractivity contribution in [2.24, 2.45) is 0 Å². The summed E-state index contributed by atoms with van der Waals surface area (Å²) < 4.78 is 3.30. The molecule has 2 aliphatic carbocycles. The minimum absolute atomic E-state index is 0.415. The number of benzene rings is 4. The fourth-order valence-electron chi connectivity index (χ4n) is 6.10. The van der Waals surface area contributed by atoms with Gasteiger partial charge < -0.3 is 0 Å². The van der Waals surface area contributed by atoms with E-state index in [2.05, 4.69) is 109 Å². The summed E-state index contributed by atoms with van der Waals surface area (Å²) in [6, 6.07) is 36.8. The zero-order valence-corrected chi connectivity index (χ0v) is 22.1. The monoisotopic (exact) mass is 588 g/mol. The van der Waals surface area contributed by atoms with Crippen LogP contribution >= 0.6 is 0 Å². The quantitative estimate of drug-likeness (QED) is 0.205. The molecule has 4 aromatic rings. The molecule has 1 heteroatoms. The van der Waals surface area contributed by atoms with Crippen molar-refractivity contribution >= 4 is 18.8 Å². The van der Waals surface area contributed by atoms with Crippen LogP contribution in [-0.4, -0.2) is 0 Å². The third-order valence-electron chi connectivity index (χ3n) is 7.55. The van der Waals surface area contributed by atoms with Gasteiger partial charge in [-0.05, 0) is 0 Å². The Kier molecular flexibility index (Phi) is 4.72. The van der Waals surface area contributed by atoms with E-state index >= 15 is 0 Å². The third kappa shape index (κ3) is 3.21. The Hall–Kier alpha value is -2.77. The first kappa shape index (κ1) is 19.7. The molecule has 0 bridgehead atoms. The first-order valence-corrected chi connectivity index (χ1v) is 15.5. The number of fused-ring (bicyclic) bond motifs is 10.